The number of carboxylic acid groups (broad SMARTS) is 1. The highest BCUT2D eigenvalue weighted by Crippen LogP contribution is 2.44. The summed E-state index contributed by atoms with van der Waals surface area (Å²) in [6.07, 6.45) is -1.25. The van der Waals surface area contributed by atoms with Crippen molar-refractivity contribution in [2.45, 2.75) is 18.4 Å². The number of amides is 1. The first-order valence-electron chi connectivity index (χ1n) is 10.2. The van der Waals surface area contributed by atoms with Gasteiger partial charge in [-0.15, -0.1) is 0 Å². The van der Waals surface area contributed by atoms with Crippen molar-refractivity contribution in [2.75, 3.05) is 13.7 Å². The highest BCUT2D eigenvalue weighted by atomic mass is 35.5. The van der Waals surface area contributed by atoms with Gasteiger partial charge in [0, 0.05) is 25.5 Å². The van der Waals surface area contributed by atoms with Gasteiger partial charge in [0.1, 0.15) is 24.3 Å². The number of benzene rings is 3. The first-order chi connectivity index (χ1) is 15.8. The monoisotopic (exact) mass is 471 g/mol. The predicted octanol–water partition coefficient (Wildman–Crippen LogP) is 5.49. The van der Waals surface area contributed by atoms with Crippen LogP contribution in [-0.4, -0.2) is 41.8 Å². The van der Waals surface area contributed by atoms with Crippen LogP contribution in [0.3, 0.4) is 0 Å². The molecule has 0 bridgehead atoms. The zero-order valence-electron chi connectivity index (χ0n) is 17.6. The van der Waals surface area contributed by atoms with Gasteiger partial charge in [0.2, 0.25) is 0 Å². The Kier molecular flexibility index (Phi) is 6.33. The van der Waals surface area contributed by atoms with Crippen molar-refractivity contribution in [3.8, 4) is 11.1 Å². The third kappa shape index (κ3) is 4.41. The molecular formula is C25H20ClF2NO4. The highest BCUT2D eigenvalue weighted by Gasteiger charge is 2.32. The third-order valence-electron chi connectivity index (χ3n) is 5.86. The van der Waals surface area contributed by atoms with Gasteiger partial charge in [-0.3, -0.25) is 4.90 Å². The summed E-state index contributed by atoms with van der Waals surface area (Å²) in [7, 11) is 1.27. The Hall–Kier alpha value is -3.45. The fourth-order valence-corrected chi connectivity index (χ4v) is 4.37. The lowest BCUT2D eigenvalue weighted by molar-refractivity contribution is -0.142. The van der Waals surface area contributed by atoms with Crippen LogP contribution >= 0.6 is 11.6 Å². The molecule has 5 nitrogen and oxygen atoms in total. The Balaban J connectivity index is 1.51. The average molecular weight is 472 g/mol. The maximum Gasteiger partial charge on any atom is 0.410 e. The summed E-state index contributed by atoms with van der Waals surface area (Å²) in [6.45, 7) is 0.0128. The molecule has 0 saturated heterocycles. The third-order valence-corrected chi connectivity index (χ3v) is 6.28. The van der Waals surface area contributed by atoms with Crippen molar-refractivity contribution in [2.24, 2.45) is 0 Å². The first-order valence-corrected chi connectivity index (χ1v) is 10.6. The largest absolute Gasteiger partial charge is 0.480 e. The fourth-order valence-electron chi connectivity index (χ4n) is 4.18. The molecule has 170 valence electrons. The summed E-state index contributed by atoms with van der Waals surface area (Å²) >= 11 is 5.87. The van der Waals surface area contributed by atoms with E-state index in [1.165, 1.54) is 7.05 Å². The van der Waals surface area contributed by atoms with E-state index in [-0.39, 0.29) is 29.5 Å². The van der Waals surface area contributed by atoms with Crippen LogP contribution in [0.2, 0.25) is 5.02 Å². The Morgan fingerprint density at radius 3 is 2.21 bits per heavy atom. The first kappa shape index (κ1) is 22.7. The van der Waals surface area contributed by atoms with E-state index >= 15 is 0 Å². The molecule has 8 heteroatoms. The number of carbonyl (C=O) groups excluding carboxylic acids is 1. The van der Waals surface area contributed by atoms with Crippen LogP contribution in [0.4, 0.5) is 13.6 Å². The number of likely N-dealkylation sites (N-methyl/N-ethyl adjacent to an activating group) is 1. The SMILES string of the molecule is CN(C(=O)OCC1c2ccccc2-c2ccccc21)[C@@H](Cc1cc(F)cc(F)c1Cl)C(=O)O. The van der Waals surface area contributed by atoms with E-state index in [1.807, 2.05) is 48.5 Å². The predicted molar refractivity (Wildman–Crippen MR) is 119 cm³/mol. The zero-order chi connectivity index (χ0) is 23.7. The number of hydrogen-bond donors (Lipinski definition) is 1. The van der Waals surface area contributed by atoms with Gasteiger partial charge in [-0.1, -0.05) is 60.1 Å². The van der Waals surface area contributed by atoms with E-state index in [2.05, 4.69) is 0 Å². The summed E-state index contributed by atoms with van der Waals surface area (Å²) in [5, 5.41) is 9.26. The van der Waals surface area contributed by atoms with Crippen molar-refractivity contribution in [1.29, 1.82) is 0 Å². The Labute approximate surface area is 194 Å². The summed E-state index contributed by atoms with van der Waals surface area (Å²) in [4.78, 5) is 25.5. The second-order valence-electron chi connectivity index (χ2n) is 7.83. The molecule has 1 aliphatic carbocycles. The smallest absolute Gasteiger partial charge is 0.410 e. The number of carboxylic acids is 1. The number of ether oxygens (including phenoxy) is 1. The Morgan fingerprint density at radius 1 is 1.06 bits per heavy atom. The van der Waals surface area contributed by atoms with Crippen LogP contribution in [0.15, 0.2) is 60.7 Å². The molecule has 1 N–H and O–H groups in total. The van der Waals surface area contributed by atoms with Crippen molar-refractivity contribution < 1.29 is 28.2 Å². The van der Waals surface area contributed by atoms with E-state index in [4.69, 9.17) is 16.3 Å². The molecule has 0 radical (unpaired) electrons. The highest BCUT2D eigenvalue weighted by molar-refractivity contribution is 6.31. The summed E-state index contributed by atoms with van der Waals surface area (Å²) in [6, 6.07) is 15.8. The summed E-state index contributed by atoms with van der Waals surface area (Å²) in [5.74, 6) is -3.43. The van der Waals surface area contributed by atoms with Gasteiger partial charge in [0.05, 0.1) is 5.02 Å². The summed E-state index contributed by atoms with van der Waals surface area (Å²) in [5.41, 5.74) is 4.11. The topological polar surface area (TPSA) is 66.8 Å². The second kappa shape index (κ2) is 9.19. The molecule has 1 amide bonds. The number of fused-ring (bicyclic) bond motifs is 3. The molecular weight excluding hydrogens is 452 g/mol. The molecule has 1 atom stereocenters. The number of nitrogens with zero attached hydrogens (tertiary/aromatic N) is 1. The molecule has 0 saturated carbocycles. The van der Waals surface area contributed by atoms with Gasteiger partial charge in [-0.2, -0.15) is 0 Å². The molecule has 0 fully saturated rings. The minimum atomic E-state index is -1.43. The van der Waals surface area contributed by atoms with Crippen LogP contribution in [0.5, 0.6) is 0 Å². The lowest BCUT2D eigenvalue weighted by atomic mass is 9.98. The van der Waals surface area contributed by atoms with E-state index in [0.29, 0.717) is 6.07 Å². The lowest BCUT2D eigenvalue weighted by Gasteiger charge is -2.25. The molecule has 0 aromatic heterocycles. The van der Waals surface area contributed by atoms with Crippen LogP contribution < -0.4 is 0 Å². The molecule has 0 unspecified atom stereocenters. The second-order valence-corrected chi connectivity index (χ2v) is 8.21. The lowest BCUT2D eigenvalue weighted by Crippen LogP contribution is -2.44. The van der Waals surface area contributed by atoms with Crippen LogP contribution in [0, 0.1) is 11.6 Å². The van der Waals surface area contributed by atoms with Crippen molar-refractivity contribution >= 4 is 23.7 Å². The van der Waals surface area contributed by atoms with Gasteiger partial charge in [0.15, 0.2) is 0 Å². The molecule has 33 heavy (non-hydrogen) atoms. The molecule has 0 aliphatic heterocycles. The van der Waals surface area contributed by atoms with Crippen LogP contribution in [0.1, 0.15) is 22.6 Å². The molecule has 3 aromatic rings. The molecule has 1 aliphatic rings. The van der Waals surface area contributed by atoms with Crippen LogP contribution in [-0.2, 0) is 16.0 Å². The average Bonchev–Trinajstić information content (AvgIpc) is 3.12. The fraction of sp³-hybridized carbons (Fsp3) is 0.200. The molecule has 4 rings (SSSR count). The Morgan fingerprint density at radius 2 is 1.64 bits per heavy atom. The standard InChI is InChI=1S/C25H20ClF2NO4/c1-29(22(24(30)31)11-14-10-15(27)12-21(28)23(14)26)25(32)33-13-20-18-8-4-2-6-16(18)17-7-3-5-9-19(17)20/h2-10,12,20,22H,11,13H2,1H3,(H,30,31)/t22-/m0/s1. The van der Waals surface area contributed by atoms with Gasteiger partial charge in [-0.05, 0) is 33.9 Å². The minimum absolute atomic E-state index is 0.0128. The maximum atomic E-state index is 13.8. The van der Waals surface area contributed by atoms with Gasteiger partial charge >= 0.3 is 12.1 Å². The van der Waals surface area contributed by atoms with Crippen molar-refractivity contribution in [3.05, 3.63) is 94.0 Å². The van der Waals surface area contributed by atoms with Gasteiger partial charge in [-0.25, -0.2) is 18.4 Å². The number of aliphatic carboxylic acids is 1. The zero-order valence-corrected chi connectivity index (χ0v) is 18.4. The van der Waals surface area contributed by atoms with Crippen molar-refractivity contribution in [3.63, 3.8) is 0 Å². The van der Waals surface area contributed by atoms with E-state index in [9.17, 15) is 23.5 Å². The minimum Gasteiger partial charge on any atom is -0.480 e. The van der Waals surface area contributed by atoms with E-state index in [0.717, 1.165) is 33.2 Å². The number of halogens is 3. The summed E-state index contributed by atoms with van der Waals surface area (Å²) < 4.78 is 32.9. The Bertz CT molecular complexity index is 1190. The van der Waals surface area contributed by atoms with E-state index in [1.54, 1.807) is 0 Å². The molecule has 3 aromatic carbocycles. The van der Waals surface area contributed by atoms with Gasteiger partial charge in [0.25, 0.3) is 0 Å². The van der Waals surface area contributed by atoms with Crippen molar-refractivity contribution in [1.82, 2.24) is 4.90 Å². The van der Waals surface area contributed by atoms with Crippen LogP contribution in [0.25, 0.3) is 11.1 Å². The molecule has 0 spiro atoms. The number of hydrogen-bond acceptors (Lipinski definition) is 3. The van der Waals surface area contributed by atoms with E-state index < -0.39 is 29.7 Å². The molecule has 0 heterocycles. The number of carbonyl (C=O) groups is 2. The normalized spacial score (nSPS) is 13.2. The van der Waals surface area contributed by atoms with Gasteiger partial charge < -0.3 is 9.84 Å². The number of rotatable bonds is 6. The maximum absolute atomic E-state index is 13.8. The quantitative estimate of drug-likeness (QED) is 0.482.